The number of nitrogens with zero attached hydrogens (tertiary/aromatic N) is 1. The molecule has 148 valence electrons. The zero-order chi connectivity index (χ0) is 19.9. The minimum Gasteiger partial charge on any atom is -0.345 e. The number of carbonyl (C=O) groups excluding carboxylic acids is 2. The molecule has 2 unspecified atom stereocenters. The quantitative estimate of drug-likeness (QED) is 0.751. The van der Waals surface area contributed by atoms with Gasteiger partial charge in [0.2, 0.25) is 5.91 Å². The van der Waals surface area contributed by atoms with Crippen molar-refractivity contribution in [2.24, 2.45) is 5.92 Å². The monoisotopic (exact) mass is 399 g/mol. The van der Waals surface area contributed by atoms with Crippen molar-refractivity contribution >= 4 is 23.4 Å². The number of halogens is 1. The molecule has 1 fully saturated rings. The molecule has 2 atom stereocenters. The van der Waals surface area contributed by atoms with Crippen molar-refractivity contribution in [3.8, 4) is 0 Å². The third-order valence-corrected chi connectivity index (χ3v) is 5.47. The fourth-order valence-electron chi connectivity index (χ4n) is 3.64. The fraction of sp³-hybridized carbons (Fsp3) is 0.364. The lowest BCUT2D eigenvalue weighted by Gasteiger charge is -2.23. The first-order valence-electron chi connectivity index (χ1n) is 9.61. The van der Waals surface area contributed by atoms with Gasteiger partial charge in [0.15, 0.2) is 0 Å². The minimum atomic E-state index is -0.402. The van der Waals surface area contributed by atoms with Crippen molar-refractivity contribution < 1.29 is 9.59 Å². The van der Waals surface area contributed by atoms with Crippen molar-refractivity contribution in [2.75, 3.05) is 26.7 Å². The number of amides is 2. The number of benzene rings is 2. The van der Waals surface area contributed by atoms with E-state index in [0.29, 0.717) is 16.5 Å². The Morgan fingerprint density at radius 1 is 1.14 bits per heavy atom. The van der Waals surface area contributed by atoms with E-state index >= 15 is 0 Å². The summed E-state index contributed by atoms with van der Waals surface area (Å²) in [5.74, 6) is 0.274. The lowest BCUT2D eigenvalue weighted by molar-refractivity contribution is -0.130. The van der Waals surface area contributed by atoms with Gasteiger partial charge in [0.25, 0.3) is 5.91 Å². The first-order valence-corrected chi connectivity index (χ1v) is 9.99. The highest BCUT2D eigenvalue weighted by Crippen LogP contribution is 2.23. The normalized spacial score (nSPS) is 17.4. The SMILES string of the molecule is CNCC1CCN(C(=O)CC(NC(=O)c2ccccc2Cl)c2ccccc2)C1. The fourth-order valence-corrected chi connectivity index (χ4v) is 3.86. The van der Waals surface area contributed by atoms with Crippen molar-refractivity contribution in [3.05, 3.63) is 70.7 Å². The van der Waals surface area contributed by atoms with Gasteiger partial charge in [0.05, 0.1) is 23.0 Å². The van der Waals surface area contributed by atoms with E-state index < -0.39 is 6.04 Å². The molecule has 1 heterocycles. The van der Waals surface area contributed by atoms with Crippen LogP contribution in [0.2, 0.25) is 5.02 Å². The number of rotatable bonds is 7. The Morgan fingerprint density at radius 3 is 2.57 bits per heavy atom. The van der Waals surface area contributed by atoms with Gasteiger partial charge < -0.3 is 15.5 Å². The molecule has 2 aromatic carbocycles. The van der Waals surface area contributed by atoms with Crippen LogP contribution in [0, 0.1) is 5.92 Å². The van der Waals surface area contributed by atoms with Crippen LogP contribution in [0.25, 0.3) is 0 Å². The van der Waals surface area contributed by atoms with Crippen LogP contribution >= 0.6 is 11.6 Å². The average molecular weight is 400 g/mol. The third kappa shape index (κ3) is 5.12. The molecule has 2 amide bonds. The maximum atomic E-state index is 12.9. The standard InChI is InChI=1S/C22H26ClN3O2/c1-24-14-16-11-12-26(15-16)21(27)13-20(17-7-3-2-4-8-17)25-22(28)18-9-5-6-10-19(18)23/h2-10,16,20,24H,11-15H2,1H3,(H,25,28). The van der Waals surface area contributed by atoms with Crippen molar-refractivity contribution in [1.82, 2.24) is 15.5 Å². The summed E-state index contributed by atoms with van der Waals surface area (Å²) >= 11 is 6.16. The van der Waals surface area contributed by atoms with E-state index in [4.69, 9.17) is 11.6 Å². The molecule has 1 saturated heterocycles. The van der Waals surface area contributed by atoms with E-state index in [1.165, 1.54) is 0 Å². The van der Waals surface area contributed by atoms with E-state index in [9.17, 15) is 9.59 Å². The second-order valence-corrected chi connectivity index (χ2v) is 7.58. The molecule has 1 aliphatic heterocycles. The second-order valence-electron chi connectivity index (χ2n) is 7.17. The Kier molecular flexibility index (Phi) is 7.06. The van der Waals surface area contributed by atoms with Crippen molar-refractivity contribution in [1.29, 1.82) is 0 Å². The molecule has 0 aliphatic carbocycles. The van der Waals surface area contributed by atoms with E-state index in [1.807, 2.05) is 42.3 Å². The van der Waals surface area contributed by atoms with Crippen LogP contribution in [0.4, 0.5) is 0 Å². The Labute approximate surface area is 171 Å². The van der Waals surface area contributed by atoms with Crippen LogP contribution in [-0.4, -0.2) is 43.4 Å². The highest BCUT2D eigenvalue weighted by Gasteiger charge is 2.28. The predicted molar refractivity (Wildman–Crippen MR) is 111 cm³/mol. The molecule has 2 N–H and O–H groups in total. The lowest BCUT2D eigenvalue weighted by Crippen LogP contribution is -2.36. The minimum absolute atomic E-state index is 0.0620. The summed E-state index contributed by atoms with van der Waals surface area (Å²) in [4.78, 5) is 27.6. The summed E-state index contributed by atoms with van der Waals surface area (Å²) in [7, 11) is 1.93. The topological polar surface area (TPSA) is 61.4 Å². The lowest BCUT2D eigenvalue weighted by atomic mass is 10.0. The zero-order valence-electron chi connectivity index (χ0n) is 16.0. The molecule has 6 heteroatoms. The van der Waals surface area contributed by atoms with Crippen LogP contribution in [0.15, 0.2) is 54.6 Å². The molecule has 0 aromatic heterocycles. The zero-order valence-corrected chi connectivity index (χ0v) is 16.8. The number of hydrogen-bond acceptors (Lipinski definition) is 3. The number of nitrogens with one attached hydrogen (secondary N) is 2. The number of hydrogen-bond donors (Lipinski definition) is 2. The molecular weight excluding hydrogens is 374 g/mol. The first kappa shape index (κ1) is 20.4. The molecule has 1 aliphatic rings. The Morgan fingerprint density at radius 2 is 1.86 bits per heavy atom. The average Bonchev–Trinajstić information content (AvgIpc) is 3.17. The van der Waals surface area contributed by atoms with Crippen molar-refractivity contribution in [3.63, 3.8) is 0 Å². The van der Waals surface area contributed by atoms with Gasteiger partial charge in [-0.05, 0) is 43.6 Å². The predicted octanol–water partition coefficient (Wildman–Crippen LogP) is 3.27. The largest absolute Gasteiger partial charge is 0.345 e. The summed E-state index contributed by atoms with van der Waals surface area (Å²) < 4.78 is 0. The Bertz CT molecular complexity index is 812. The molecule has 0 saturated carbocycles. The summed E-state index contributed by atoms with van der Waals surface area (Å²) in [6.45, 7) is 2.44. The Balaban J connectivity index is 1.72. The number of likely N-dealkylation sites (tertiary alicyclic amines) is 1. The molecule has 3 rings (SSSR count). The second kappa shape index (κ2) is 9.71. The van der Waals surface area contributed by atoms with Gasteiger partial charge >= 0.3 is 0 Å². The van der Waals surface area contributed by atoms with Crippen LogP contribution in [-0.2, 0) is 4.79 Å². The van der Waals surface area contributed by atoms with Crippen LogP contribution in [0.5, 0.6) is 0 Å². The van der Waals surface area contributed by atoms with Crippen molar-refractivity contribution in [2.45, 2.75) is 18.9 Å². The van der Waals surface area contributed by atoms with Crippen LogP contribution < -0.4 is 10.6 Å². The van der Waals surface area contributed by atoms with E-state index in [2.05, 4.69) is 10.6 Å². The Hall–Kier alpha value is -2.37. The molecule has 0 spiro atoms. The van der Waals surface area contributed by atoms with Gasteiger partial charge in [-0.3, -0.25) is 9.59 Å². The van der Waals surface area contributed by atoms with Crippen LogP contribution in [0.3, 0.4) is 0 Å². The van der Waals surface area contributed by atoms with Gasteiger partial charge in [0.1, 0.15) is 0 Å². The molecule has 0 bridgehead atoms. The summed E-state index contributed by atoms with van der Waals surface area (Å²) in [6.07, 6.45) is 1.24. The van der Waals surface area contributed by atoms with Gasteiger partial charge in [-0.15, -0.1) is 0 Å². The van der Waals surface area contributed by atoms with E-state index in [-0.39, 0.29) is 18.2 Å². The third-order valence-electron chi connectivity index (χ3n) is 5.14. The molecule has 28 heavy (non-hydrogen) atoms. The van der Waals surface area contributed by atoms with Gasteiger partial charge in [-0.25, -0.2) is 0 Å². The highest BCUT2D eigenvalue weighted by atomic mass is 35.5. The van der Waals surface area contributed by atoms with Gasteiger partial charge in [-0.1, -0.05) is 54.1 Å². The highest BCUT2D eigenvalue weighted by molar-refractivity contribution is 6.33. The number of carbonyl (C=O) groups is 2. The molecule has 0 radical (unpaired) electrons. The smallest absolute Gasteiger partial charge is 0.253 e. The van der Waals surface area contributed by atoms with E-state index in [0.717, 1.165) is 31.6 Å². The molecule has 5 nitrogen and oxygen atoms in total. The first-order chi connectivity index (χ1) is 13.6. The summed E-state index contributed by atoms with van der Waals surface area (Å²) in [6, 6.07) is 16.1. The maximum Gasteiger partial charge on any atom is 0.253 e. The summed E-state index contributed by atoms with van der Waals surface area (Å²) in [5, 5.41) is 6.57. The maximum absolute atomic E-state index is 12.9. The van der Waals surface area contributed by atoms with E-state index in [1.54, 1.807) is 24.3 Å². The molecular formula is C22H26ClN3O2. The summed E-state index contributed by atoms with van der Waals surface area (Å²) in [5.41, 5.74) is 1.31. The molecule has 2 aromatic rings. The van der Waals surface area contributed by atoms with Gasteiger partial charge in [0, 0.05) is 13.1 Å². The van der Waals surface area contributed by atoms with Crippen LogP contribution in [0.1, 0.15) is 34.8 Å². The van der Waals surface area contributed by atoms with Gasteiger partial charge in [-0.2, -0.15) is 0 Å².